The third-order valence-electron chi connectivity index (χ3n) is 3.51. The summed E-state index contributed by atoms with van der Waals surface area (Å²) < 4.78 is 1.25. The predicted molar refractivity (Wildman–Crippen MR) is 65.9 cm³/mol. The molecule has 78 valence electrons. The van der Waals surface area contributed by atoms with Crippen LogP contribution in [0, 0.1) is 12.3 Å². The van der Waals surface area contributed by atoms with Crippen LogP contribution in [0.4, 0.5) is 0 Å². The summed E-state index contributed by atoms with van der Waals surface area (Å²) >= 11 is 5.52. The van der Waals surface area contributed by atoms with Crippen molar-refractivity contribution in [3.63, 3.8) is 0 Å². The number of hydrogen-bond donors (Lipinski definition) is 1. The van der Waals surface area contributed by atoms with Crippen LogP contribution in [-0.2, 0) is 5.41 Å². The van der Waals surface area contributed by atoms with E-state index in [1.165, 1.54) is 20.6 Å². The maximum atomic E-state index is 5.94. The smallest absolute Gasteiger partial charge is 0.0323 e. The summed E-state index contributed by atoms with van der Waals surface area (Å²) in [7, 11) is 0. The quantitative estimate of drug-likeness (QED) is 0.878. The second-order valence-electron chi connectivity index (χ2n) is 4.88. The second kappa shape index (κ2) is 3.06. The molecule has 1 aliphatic carbocycles. The van der Waals surface area contributed by atoms with Crippen molar-refractivity contribution < 1.29 is 0 Å². The number of nitrogens with two attached hydrogens (primary N) is 1. The maximum absolute atomic E-state index is 5.94. The number of halogens is 1. The number of rotatable bonds is 2. The molecule has 1 nitrogen and oxygen atoms in total. The zero-order valence-electron chi connectivity index (χ0n) is 8.86. The highest BCUT2D eigenvalue weighted by Gasteiger charge is 2.62. The van der Waals surface area contributed by atoms with Gasteiger partial charge in [0.05, 0.1) is 0 Å². The van der Waals surface area contributed by atoms with Crippen LogP contribution in [-0.4, -0.2) is 6.54 Å². The van der Waals surface area contributed by atoms with Gasteiger partial charge in [0.2, 0.25) is 0 Å². The molecule has 0 amide bonds. The minimum atomic E-state index is 0.241. The van der Waals surface area contributed by atoms with Gasteiger partial charge in [0.1, 0.15) is 0 Å². The maximum Gasteiger partial charge on any atom is 0.0323 e. The Morgan fingerprint density at radius 1 is 1.57 bits per heavy atom. The lowest BCUT2D eigenvalue weighted by Crippen LogP contribution is -2.24. The van der Waals surface area contributed by atoms with Crippen molar-refractivity contribution in [3.05, 3.63) is 20.3 Å². The molecule has 14 heavy (non-hydrogen) atoms. The van der Waals surface area contributed by atoms with Gasteiger partial charge in [0.25, 0.3) is 0 Å². The molecule has 1 aromatic heterocycles. The molecule has 1 unspecified atom stereocenters. The van der Waals surface area contributed by atoms with Gasteiger partial charge in [-0.15, -0.1) is 11.3 Å². The van der Waals surface area contributed by atoms with Crippen molar-refractivity contribution in [1.29, 1.82) is 0 Å². The average molecular weight is 274 g/mol. The van der Waals surface area contributed by atoms with E-state index in [2.05, 4.69) is 42.8 Å². The van der Waals surface area contributed by atoms with Crippen LogP contribution in [0.25, 0.3) is 0 Å². The van der Waals surface area contributed by atoms with Crippen molar-refractivity contribution in [3.8, 4) is 0 Å². The predicted octanol–water partition coefficient (Wildman–Crippen LogP) is 3.45. The lowest BCUT2D eigenvalue weighted by atomic mass is 9.94. The molecule has 0 aliphatic heterocycles. The highest BCUT2D eigenvalue weighted by Crippen LogP contribution is 2.66. The Hall–Kier alpha value is 0.140. The van der Waals surface area contributed by atoms with Crippen molar-refractivity contribution in [2.75, 3.05) is 6.54 Å². The summed E-state index contributed by atoms with van der Waals surface area (Å²) in [5.41, 5.74) is 6.56. The summed E-state index contributed by atoms with van der Waals surface area (Å²) in [5.74, 6) is 0. The van der Waals surface area contributed by atoms with E-state index in [1.54, 1.807) is 0 Å². The summed E-state index contributed by atoms with van der Waals surface area (Å²) in [5, 5.41) is 0. The monoisotopic (exact) mass is 273 g/mol. The Morgan fingerprint density at radius 2 is 2.14 bits per heavy atom. The lowest BCUT2D eigenvalue weighted by Gasteiger charge is -2.17. The number of hydrogen-bond acceptors (Lipinski definition) is 2. The van der Waals surface area contributed by atoms with Crippen molar-refractivity contribution >= 4 is 27.3 Å². The molecule has 3 heteroatoms. The Labute approximate surface area is 97.8 Å². The first-order valence-electron chi connectivity index (χ1n) is 4.89. The van der Waals surface area contributed by atoms with E-state index in [1.807, 2.05) is 11.3 Å². The molecule has 2 rings (SSSR count). The highest BCUT2D eigenvalue weighted by molar-refractivity contribution is 9.10. The first-order chi connectivity index (χ1) is 6.43. The molecule has 0 saturated heterocycles. The van der Waals surface area contributed by atoms with Crippen molar-refractivity contribution in [2.45, 2.75) is 32.6 Å². The zero-order valence-corrected chi connectivity index (χ0v) is 11.3. The normalized spacial score (nSPS) is 29.2. The Morgan fingerprint density at radius 3 is 2.43 bits per heavy atom. The molecule has 1 atom stereocenters. The highest BCUT2D eigenvalue weighted by atomic mass is 79.9. The lowest BCUT2D eigenvalue weighted by molar-refractivity contribution is 0.508. The molecule has 0 aromatic carbocycles. The Bertz CT molecular complexity index is 369. The molecule has 0 spiro atoms. The van der Waals surface area contributed by atoms with Gasteiger partial charge in [-0.3, -0.25) is 0 Å². The van der Waals surface area contributed by atoms with E-state index in [0.717, 1.165) is 6.54 Å². The van der Waals surface area contributed by atoms with Gasteiger partial charge in [-0.2, -0.15) is 0 Å². The van der Waals surface area contributed by atoms with Crippen molar-refractivity contribution in [2.24, 2.45) is 11.1 Å². The average Bonchev–Trinajstić information content (AvgIpc) is 2.48. The third-order valence-corrected chi connectivity index (χ3v) is 5.65. The summed E-state index contributed by atoms with van der Waals surface area (Å²) in [6.07, 6.45) is 1.22. The van der Waals surface area contributed by atoms with E-state index < -0.39 is 0 Å². The van der Waals surface area contributed by atoms with E-state index in [4.69, 9.17) is 5.73 Å². The van der Waals surface area contributed by atoms with Gasteiger partial charge < -0.3 is 5.73 Å². The van der Waals surface area contributed by atoms with E-state index in [-0.39, 0.29) is 5.41 Å². The minimum Gasteiger partial charge on any atom is -0.330 e. The SMILES string of the molecule is Cc1cc(Br)c(C2(CN)CC2(C)C)s1. The third kappa shape index (κ3) is 1.29. The summed E-state index contributed by atoms with van der Waals surface area (Å²) in [4.78, 5) is 2.81. The van der Waals surface area contributed by atoms with Crippen LogP contribution in [0.2, 0.25) is 0 Å². The molecular weight excluding hydrogens is 258 g/mol. The van der Waals surface area contributed by atoms with Gasteiger partial charge in [0.15, 0.2) is 0 Å². The van der Waals surface area contributed by atoms with E-state index in [9.17, 15) is 0 Å². The molecule has 1 heterocycles. The van der Waals surface area contributed by atoms with Crippen LogP contribution in [0.1, 0.15) is 30.0 Å². The molecule has 1 fully saturated rings. The van der Waals surface area contributed by atoms with Crippen LogP contribution in [0.3, 0.4) is 0 Å². The van der Waals surface area contributed by atoms with Gasteiger partial charge in [0, 0.05) is 26.2 Å². The van der Waals surface area contributed by atoms with Gasteiger partial charge in [-0.05, 0) is 40.8 Å². The zero-order chi connectivity index (χ0) is 10.6. The van der Waals surface area contributed by atoms with E-state index >= 15 is 0 Å². The fraction of sp³-hybridized carbons (Fsp3) is 0.636. The topological polar surface area (TPSA) is 26.0 Å². The van der Waals surface area contributed by atoms with Crippen LogP contribution < -0.4 is 5.73 Å². The van der Waals surface area contributed by atoms with Gasteiger partial charge >= 0.3 is 0 Å². The molecule has 1 aliphatic rings. The van der Waals surface area contributed by atoms with Crippen LogP contribution in [0.15, 0.2) is 10.5 Å². The van der Waals surface area contributed by atoms with Crippen LogP contribution in [0.5, 0.6) is 0 Å². The standard InChI is InChI=1S/C11H16BrNS/c1-7-4-8(12)9(14-7)11(6-13)5-10(11,2)3/h4H,5-6,13H2,1-3H3. The molecule has 2 N–H and O–H groups in total. The van der Waals surface area contributed by atoms with E-state index in [0.29, 0.717) is 5.41 Å². The first kappa shape index (κ1) is 10.7. The Kier molecular flexibility index (Phi) is 2.33. The van der Waals surface area contributed by atoms with Crippen LogP contribution >= 0.6 is 27.3 Å². The van der Waals surface area contributed by atoms with Crippen molar-refractivity contribution in [1.82, 2.24) is 0 Å². The molecular formula is C11H16BrNS. The van der Waals surface area contributed by atoms with Gasteiger partial charge in [-0.1, -0.05) is 13.8 Å². The summed E-state index contributed by atoms with van der Waals surface area (Å²) in [6.45, 7) is 7.53. The number of thiophene rings is 1. The largest absolute Gasteiger partial charge is 0.330 e. The molecule has 0 radical (unpaired) electrons. The number of aryl methyl sites for hydroxylation is 1. The fourth-order valence-electron chi connectivity index (χ4n) is 2.35. The second-order valence-corrected chi connectivity index (χ2v) is 6.99. The van der Waals surface area contributed by atoms with Gasteiger partial charge in [-0.25, -0.2) is 0 Å². The molecule has 1 aromatic rings. The summed E-state index contributed by atoms with van der Waals surface area (Å²) in [6, 6.07) is 2.20. The molecule has 1 saturated carbocycles. The molecule has 0 bridgehead atoms. The first-order valence-corrected chi connectivity index (χ1v) is 6.50. The fourth-order valence-corrected chi connectivity index (χ4v) is 4.75. The Balaban J connectivity index is 2.45. The minimum absolute atomic E-state index is 0.241.